The zero-order chi connectivity index (χ0) is 14.4. The number of ether oxygens (including phenoxy) is 1. The summed E-state index contributed by atoms with van der Waals surface area (Å²) in [4.78, 5) is 10.6. The third kappa shape index (κ3) is 1.88. The summed E-state index contributed by atoms with van der Waals surface area (Å²) in [5.74, 6) is -0.290. The Hall–Kier alpha value is -1.91. The quantitative estimate of drug-likeness (QED) is 0.646. The van der Waals surface area contributed by atoms with Crippen molar-refractivity contribution >= 4 is 11.7 Å². The molecule has 108 valence electrons. The lowest BCUT2D eigenvalue weighted by molar-refractivity contribution is -0.0235. The number of aliphatic hydroxyl groups excluding tert-OH is 2. The molecule has 1 fully saturated rings. The molecule has 3 rings (SSSR count). The number of fused-ring (bicyclic) bond motifs is 1. The first-order valence-corrected chi connectivity index (χ1v) is 5.77. The molecule has 3 heterocycles. The van der Waals surface area contributed by atoms with E-state index in [2.05, 4.69) is 15.0 Å². The van der Waals surface area contributed by atoms with Crippen molar-refractivity contribution in [2.75, 3.05) is 12.3 Å². The average Bonchev–Trinajstić information content (AvgIpc) is 2.93. The Bertz CT molecular complexity index is 651. The second kappa shape index (κ2) is 4.58. The molecule has 20 heavy (non-hydrogen) atoms. The van der Waals surface area contributed by atoms with Crippen molar-refractivity contribution in [3.63, 3.8) is 0 Å². The van der Waals surface area contributed by atoms with E-state index in [0.717, 1.165) is 0 Å². The zero-order valence-electron chi connectivity index (χ0n) is 10.0. The number of rotatable bonds is 2. The third-order valence-electron chi connectivity index (χ3n) is 3.14. The predicted molar refractivity (Wildman–Crippen MR) is 60.8 cm³/mol. The van der Waals surface area contributed by atoms with Crippen LogP contribution in [0.15, 0.2) is 6.20 Å². The van der Waals surface area contributed by atoms with Crippen LogP contribution in [0.3, 0.4) is 0 Å². The molecule has 0 aliphatic carbocycles. The van der Waals surface area contributed by atoms with Gasteiger partial charge in [-0.2, -0.15) is 14.4 Å². The summed E-state index contributed by atoms with van der Waals surface area (Å²) >= 11 is 0. The Labute approximate surface area is 110 Å². The van der Waals surface area contributed by atoms with Crippen molar-refractivity contribution in [3.8, 4) is 0 Å². The van der Waals surface area contributed by atoms with E-state index in [9.17, 15) is 13.9 Å². The predicted octanol–water partition coefficient (Wildman–Crippen LogP) is -1.02. The fourth-order valence-electron chi connectivity index (χ4n) is 2.14. The van der Waals surface area contributed by atoms with Gasteiger partial charge in [-0.15, -0.1) is 0 Å². The Morgan fingerprint density at radius 3 is 2.80 bits per heavy atom. The molecule has 0 spiro atoms. The highest BCUT2D eigenvalue weighted by atomic mass is 19.1. The van der Waals surface area contributed by atoms with E-state index in [0.29, 0.717) is 0 Å². The van der Waals surface area contributed by atoms with Gasteiger partial charge in [0.2, 0.25) is 11.7 Å². The number of imidazole rings is 1. The monoisotopic (exact) mass is 287 g/mol. The minimum absolute atomic E-state index is 0.0825. The van der Waals surface area contributed by atoms with Crippen molar-refractivity contribution in [1.29, 1.82) is 0 Å². The first-order chi connectivity index (χ1) is 9.51. The van der Waals surface area contributed by atoms with Gasteiger partial charge in [0.1, 0.15) is 18.3 Å². The zero-order valence-corrected chi connectivity index (χ0v) is 10.0. The Morgan fingerprint density at radius 1 is 1.40 bits per heavy atom. The maximum absolute atomic E-state index is 13.9. The van der Waals surface area contributed by atoms with E-state index in [1.54, 1.807) is 0 Å². The maximum atomic E-state index is 13.9. The number of alkyl halides is 1. The van der Waals surface area contributed by atoms with Gasteiger partial charge in [-0.1, -0.05) is 0 Å². The number of anilines is 1. The standard InChI is InChI=1S/C10H11F2N5O3/c11-5-6(19)4(2-18)20-7(5)3-1-17-9(13)15-8(12)16-10(17)14-3/h1,4-7,18-19H,2H2,(H2,13,14,15,16)/t4-,5-,6-,7+/m1/s1. The molecule has 1 saturated heterocycles. The van der Waals surface area contributed by atoms with Crippen LogP contribution in [0.4, 0.5) is 14.7 Å². The van der Waals surface area contributed by atoms with Crippen LogP contribution in [0.2, 0.25) is 0 Å². The van der Waals surface area contributed by atoms with Crippen molar-refractivity contribution in [3.05, 3.63) is 18.0 Å². The third-order valence-corrected chi connectivity index (χ3v) is 3.14. The van der Waals surface area contributed by atoms with Gasteiger partial charge in [0.25, 0.3) is 0 Å². The van der Waals surface area contributed by atoms with E-state index >= 15 is 0 Å². The van der Waals surface area contributed by atoms with Crippen molar-refractivity contribution in [2.24, 2.45) is 0 Å². The molecule has 2 aromatic rings. The number of halogens is 2. The summed E-state index contributed by atoms with van der Waals surface area (Å²) in [7, 11) is 0. The first kappa shape index (κ1) is 13.1. The van der Waals surface area contributed by atoms with Gasteiger partial charge in [-0.05, 0) is 0 Å². The SMILES string of the molecule is Nc1nc(F)nc2nc([C@@H]3O[C@H](CO)[C@@H](O)[C@H]3F)cn12. The van der Waals surface area contributed by atoms with E-state index in [4.69, 9.17) is 15.6 Å². The normalized spacial score (nSPS) is 30.2. The molecule has 2 aromatic heterocycles. The summed E-state index contributed by atoms with van der Waals surface area (Å²) in [5.41, 5.74) is 5.57. The number of hydrogen-bond donors (Lipinski definition) is 3. The van der Waals surface area contributed by atoms with Crippen LogP contribution in [0, 0.1) is 6.08 Å². The highest BCUT2D eigenvalue weighted by molar-refractivity contribution is 5.38. The van der Waals surface area contributed by atoms with Crippen LogP contribution in [0.1, 0.15) is 11.8 Å². The fourth-order valence-corrected chi connectivity index (χ4v) is 2.14. The molecule has 0 radical (unpaired) electrons. The van der Waals surface area contributed by atoms with Crippen molar-refractivity contribution in [2.45, 2.75) is 24.5 Å². The molecule has 0 saturated carbocycles. The minimum Gasteiger partial charge on any atom is -0.394 e. The Morgan fingerprint density at radius 2 is 2.15 bits per heavy atom. The summed E-state index contributed by atoms with van der Waals surface area (Å²) in [6.07, 6.45) is -5.21. The van der Waals surface area contributed by atoms with E-state index < -0.39 is 37.2 Å². The van der Waals surface area contributed by atoms with Gasteiger partial charge >= 0.3 is 6.08 Å². The van der Waals surface area contributed by atoms with Crippen molar-refractivity contribution < 1.29 is 23.7 Å². The smallest absolute Gasteiger partial charge is 0.315 e. The molecular weight excluding hydrogens is 276 g/mol. The molecule has 1 aliphatic rings. The number of nitrogens with two attached hydrogens (primary N) is 1. The topological polar surface area (TPSA) is 119 Å². The molecule has 0 aromatic carbocycles. The van der Waals surface area contributed by atoms with Gasteiger partial charge in [0, 0.05) is 6.20 Å². The molecule has 8 nitrogen and oxygen atoms in total. The number of aliphatic hydroxyl groups is 2. The molecule has 0 unspecified atom stereocenters. The molecule has 1 aliphatic heterocycles. The molecule has 10 heteroatoms. The molecular formula is C10H11F2N5O3. The van der Waals surface area contributed by atoms with Crippen LogP contribution in [-0.2, 0) is 4.74 Å². The Kier molecular flexibility index (Phi) is 3.00. The lowest BCUT2D eigenvalue weighted by Crippen LogP contribution is -2.30. The lowest BCUT2D eigenvalue weighted by Gasteiger charge is -2.09. The van der Waals surface area contributed by atoms with Crippen LogP contribution in [0.25, 0.3) is 5.78 Å². The molecule has 4 atom stereocenters. The number of nitrogens with zero attached hydrogens (tertiary/aromatic N) is 4. The fraction of sp³-hybridized carbons (Fsp3) is 0.500. The van der Waals surface area contributed by atoms with Crippen LogP contribution < -0.4 is 5.73 Å². The second-order valence-corrected chi connectivity index (χ2v) is 4.40. The average molecular weight is 287 g/mol. The first-order valence-electron chi connectivity index (χ1n) is 5.77. The van der Waals surface area contributed by atoms with Crippen molar-refractivity contribution in [1.82, 2.24) is 19.4 Å². The second-order valence-electron chi connectivity index (χ2n) is 4.40. The van der Waals surface area contributed by atoms with Gasteiger partial charge < -0.3 is 20.7 Å². The maximum Gasteiger partial charge on any atom is 0.315 e. The number of aromatic nitrogens is 4. The molecule has 0 bridgehead atoms. The van der Waals surface area contributed by atoms with Crippen LogP contribution in [0.5, 0.6) is 0 Å². The minimum atomic E-state index is -1.77. The van der Waals surface area contributed by atoms with E-state index in [-0.39, 0.29) is 17.4 Å². The highest BCUT2D eigenvalue weighted by Gasteiger charge is 2.45. The summed E-state index contributed by atoms with van der Waals surface area (Å²) in [5, 5.41) is 18.5. The lowest BCUT2D eigenvalue weighted by atomic mass is 10.1. The van der Waals surface area contributed by atoms with Gasteiger partial charge in [0.05, 0.1) is 12.3 Å². The van der Waals surface area contributed by atoms with Crippen LogP contribution in [-0.4, -0.2) is 54.6 Å². The number of hydrogen-bond acceptors (Lipinski definition) is 7. The highest BCUT2D eigenvalue weighted by Crippen LogP contribution is 2.35. The molecule has 4 N–H and O–H groups in total. The number of nitrogen functional groups attached to an aromatic ring is 1. The summed E-state index contributed by atoms with van der Waals surface area (Å²) in [6, 6.07) is 0. The summed E-state index contributed by atoms with van der Waals surface area (Å²) in [6.45, 7) is -0.526. The van der Waals surface area contributed by atoms with Gasteiger partial charge in [-0.3, -0.25) is 4.40 Å². The van der Waals surface area contributed by atoms with Crippen LogP contribution >= 0.6 is 0 Å². The summed E-state index contributed by atoms with van der Waals surface area (Å²) < 4.78 is 33.3. The van der Waals surface area contributed by atoms with E-state index in [1.165, 1.54) is 10.6 Å². The largest absolute Gasteiger partial charge is 0.394 e. The van der Waals surface area contributed by atoms with Gasteiger partial charge in [-0.25, -0.2) is 9.37 Å². The van der Waals surface area contributed by atoms with E-state index in [1.807, 2.05) is 0 Å². The molecule has 0 amide bonds. The Balaban J connectivity index is 2.01. The van der Waals surface area contributed by atoms with Gasteiger partial charge in [0.15, 0.2) is 6.17 Å².